The highest BCUT2D eigenvalue weighted by Crippen LogP contribution is 2.39. The Labute approximate surface area is 183 Å². The van der Waals surface area contributed by atoms with Crippen LogP contribution in [-0.4, -0.2) is 68.8 Å². The topological polar surface area (TPSA) is 104 Å². The van der Waals surface area contributed by atoms with E-state index in [2.05, 4.69) is 25.7 Å². The van der Waals surface area contributed by atoms with E-state index in [0.717, 1.165) is 49.0 Å². The molecule has 0 bridgehead atoms. The van der Waals surface area contributed by atoms with Crippen LogP contribution in [0.4, 0.5) is 0 Å². The van der Waals surface area contributed by atoms with Crippen molar-refractivity contribution < 1.29 is 18.9 Å². The normalized spacial score (nSPS) is 15.9. The maximum absolute atomic E-state index is 5.56. The highest BCUT2D eigenvalue weighted by atomic mass is 16.5. The summed E-state index contributed by atoms with van der Waals surface area (Å²) in [4.78, 5) is 8.88. The zero-order valence-corrected chi connectivity index (χ0v) is 18.9. The number of nitrogens with zero attached hydrogens (tertiary/aromatic N) is 4. The quantitative estimate of drug-likeness (QED) is 0.450. The summed E-state index contributed by atoms with van der Waals surface area (Å²) >= 11 is 0. The Bertz CT molecular complexity index is 898. The average Bonchev–Trinajstić information content (AvgIpc) is 3.19. The number of rotatable bonds is 9. The fourth-order valence-corrected chi connectivity index (χ4v) is 3.73. The predicted molar refractivity (Wildman–Crippen MR) is 117 cm³/mol. The van der Waals surface area contributed by atoms with Gasteiger partial charge in [-0.3, -0.25) is 4.99 Å². The lowest BCUT2D eigenvalue weighted by Crippen LogP contribution is -2.47. The number of methoxy groups -OCH3 is 4. The highest BCUT2D eigenvalue weighted by Gasteiger charge is 2.22. The summed E-state index contributed by atoms with van der Waals surface area (Å²) in [6.07, 6.45) is 2.58. The van der Waals surface area contributed by atoms with Crippen LogP contribution in [0, 0.1) is 0 Å². The molecule has 0 saturated carbocycles. The largest absolute Gasteiger partial charge is 0.493 e. The van der Waals surface area contributed by atoms with E-state index in [0.29, 0.717) is 30.4 Å². The number of benzene rings is 1. The number of aliphatic imine (C=N–C) groups is 1. The van der Waals surface area contributed by atoms with Gasteiger partial charge in [0.05, 0.1) is 27.9 Å². The third kappa shape index (κ3) is 5.38. The van der Waals surface area contributed by atoms with Gasteiger partial charge >= 0.3 is 0 Å². The van der Waals surface area contributed by atoms with Crippen molar-refractivity contribution in [1.29, 1.82) is 0 Å². The minimum Gasteiger partial charge on any atom is -0.493 e. The first kappa shape index (κ1) is 22.7. The molecule has 1 aromatic heterocycles. The number of hydrogen-bond donors (Lipinski definition) is 2. The third-order valence-corrected chi connectivity index (χ3v) is 5.21. The van der Waals surface area contributed by atoms with Crippen molar-refractivity contribution in [2.45, 2.75) is 38.5 Å². The van der Waals surface area contributed by atoms with E-state index in [4.69, 9.17) is 18.9 Å². The standard InChI is InChI=1S/C21H32N6O4/c1-22-21(24-15-7-9-18-25-17(13-28-2)26-27(18)12-15)23-11-10-14-6-8-16(29-3)20(31-5)19(14)30-4/h6,8,15H,7,9-13H2,1-5H3,(H2,22,23,24). The van der Waals surface area contributed by atoms with Gasteiger partial charge in [-0.2, -0.15) is 5.10 Å². The minimum absolute atomic E-state index is 0.228. The monoisotopic (exact) mass is 432 g/mol. The molecule has 0 aliphatic carbocycles. The Balaban J connectivity index is 1.56. The maximum atomic E-state index is 5.56. The number of hydrogen-bond acceptors (Lipinski definition) is 7. The summed E-state index contributed by atoms with van der Waals surface area (Å²) in [5.41, 5.74) is 1.03. The maximum Gasteiger partial charge on any atom is 0.203 e. The van der Waals surface area contributed by atoms with Gasteiger partial charge in [0, 0.05) is 38.7 Å². The summed E-state index contributed by atoms with van der Waals surface area (Å²) in [7, 11) is 8.27. The second-order valence-electron chi connectivity index (χ2n) is 7.18. The smallest absolute Gasteiger partial charge is 0.203 e. The molecule has 1 unspecified atom stereocenters. The van der Waals surface area contributed by atoms with E-state index in [1.54, 1.807) is 35.5 Å². The Morgan fingerprint density at radius 2 is 1.97 bits per heavy atom. The van der Waals surface area contributed by atoms with Gasteiger partial charge in [-0.15, -0.1) is 0 Å². The molecule has 31 heavy (non-hydrogen) atoms. The molecule has 0 fully saturated rings. The summed E-state index contributed by atoms with van der Waals surface area (Å²) in [5.74, 6) is 4.42. The Morgan fingerprint density at radius 3 is 2.65 bits per heavy atom. The van der Waals surface area contributed by atoms with E-state index in [1.807, 2.05) is 16.8 Å². The van der Waals surface area contributed by atoms with Crippen molar-refractivity contribution in [2.75, 3.05) is 42.0 Å². The molecule has 1 aromatic carbocycles. The van der Waals surface area contributed by atoms with Crippen LogP contribution in [0.5, 0.6) is 17.2 Å². The molecule has 0 radical (unpaired) electrons. The van der Waals surface area contributed by atoms with Crippen LogP contribution < -0.4 is 24.8 Å². The molecule has 10 heteroatoms. The molecule has 10 nitrogen and oxygen atoms in total. The van der Waals surface area contributed by atoms with Crippen molar-refractivity contribution in [1.82, 2.24) is 25.4 Å². The summed E-state index contributed by atoms with van der Waals surface area (Å²) in [6.45, 7) is 1.86. The lowest BCUT2D eigenvalue weighted by Gasteiger charge is -2.25. The second kappa shape index (κ2) is 10.9. The average molecular weight is 433 g/mol. The van der Waals surface area contributed by atoms with Gasteiger partial charge in [0.2, 0.25) is 5.75 Å². The zero-order chi connectivity index (χ0) is 22.2. The van der Waals surface area contributed by atoms with E-state index >= 15 is 0 Å². The van der Waals surface area contributed by atoms with Gasteiger partial charge in [-0.05, 0) is 18.9 Å². The van der Waals surface area contributed by atoms with E-state index < -0.39 is 0 Å². The van der Waals surface area contributed by atoms with Gasteiger partial charge < -0.3 is 29.6 Å². The van der Waals surface area contributed by atoms with Crippen molar-refractivity contribution in [3.8, 4) is 17.2 Å². The van der Waals surface area contributed by atoms with Crippen LogP contribution in [0.2, 0.25) is 0 Å². The number of aromatic nitrogens is 3. The van der Waals surface area contributed by atoms with Crippen LogP contribution in [0.1, 0.15) is 23.6 Å². The summed E-state index contributed by atoms with van der Waals surface area (Å²) in [6, 6.07) is 4.11. The lowest BCUT2D eigenvalue weighted by atomic mass is 10.1. The molecule has 3 rings (SSSR count). The van der Waals surface area contributed by atoms with Crippen LogP contribution in [0.3, 0.4) is 0 Å². The molecule has 0 saturated heterocycles. The first-order valence-electron chi connectivity index (χ1n) is 10.3. The van der Waals surface area contributed by atoms with Gasteiger partial charge in [0.25, 0.3) is 0 Å². The molecule has 1 aliphatic rings. The fourth-order valence-electron chi connectivity index (χ4n) is 3.73. The van der Waals surface area contributed by atoms with Gasteiger partial charge in [-0.1, -0.05) is 6.07 Å². The molecule has 0 amide bonds. The molecule has 2 N–H and O–H groups in total. The predicted octanol–water partition coefficient (Wildman–Crippen LogP) is 1.17. The Morgan fingerprint density at radius 1 is 1.16 bits per heavy atom. The Hall–Kier alpha value is -3.01. The van der Waals surface area contributed by atoms with Gasteiger partial charge in [0.15, 0.2) is 23.3 Å². The van der Waals surface area contributed by atoms with Gasteiger partial charge in [0.1, 0.15) is 12.4 Å². The van der Waals surface area contributed by atoms with Crippen LogP contribution >= 0.6 is 0 Å². The summed E-state index contributed by atoms with van der Waals surface area (Å²) in [5, 5.41) is 11.4. The first-order chi connectivity index (χ1) is 15.1. The SMILES string of the molecule is CN=C(NCCc1ccc(OC)c(OC)c1OC)NC1CCc2nc(COC)nn2C1. The van der Waals surface area contributed by atoms with Crippen molar-refractivity contribution >= 4 is 5.96 Å². The molecular formula is C21H32N6O4. The number of guanidine groups is 1. The van der Waals surface area contributed by atoms with E-state index in [1.165, 1.54) is 0 Å². The van der Waals surface area contributed by atoms with Crippen molar-refractivity contribution in [3.63, 3.8) is 0 Å². The third-order valence-electron chi connectivity index (χ3n) is 5.21. The van der Waals surface area contributed by atoms with Crippen LogP contribution in [-0.2, 0) is 30.7 Å². The highest BCUT2D eigenvalue weighted by molar-refractivity contribution is 5.80. The summed E-state index contributed by atoms with van der Waals surface area (Å²) < 4.78 is 23.5. The molecule has 1 aliphatic heterocycles. The molecule has 2 aromatic rings. The number of aryl methyl sites for hydroxylation is 1. The number of nitrogens with one attached hydrogen (secondary N) is 2. The Kier molecular flexibility index (Phi) is 7.94. The molecule has 1 atom stereocenters. The molecule has 2 heterocycles. The van der Waals surface area contributed by atoms with Crippen molar-refractivity contribution in [3.05, 3.63) is 29.3 Å². The van der Waals surface area contributed by atoms with E-state index in [-0.39, 0.29) is 6.04 Å². The lowest BCUT2D eigenvalue weighted by molar-refractivity contribution is 0.177. The van der Waals surface area contributed by atoms with Crippen molar-refractivity contribution in [2.24, 2.45) is 4.99 Å². The zero-order valence-electron chi connectivity index (χ0n) is 18.9. The fraction of sp³-hybridized carbons (Fsp3) is 0.571. The molecule has 170 valence electrons. The van der Waals surface area contributed by atoms with Crippen LogP contribution in [0.25, 0.3) is 0 Å². The molecular weight excluding hydrogens is 400 g/mol. The number of ether oxygens (including phenoxy) is 4. The van der Waals surface area contributed by atoms with Crippen LogP contribution in [0.15, 0.2) is 17.1 Å². The van der Waals surface area contributed by atoms with Gasteiger partial charge in [-0.25, -0.2) is 9.67 Å². The first-order valence-corrected chi connectivity index (χ1v) is 10.3. The second-order valence-corrected chi connectivity index (χ2v) is 7.18. The molecule has 0 spiro atoms. The minimum atomic E-state index is 0.228. The van der Waals surface area contributed by atoms with E-state index in [9.17, 15) is 0 Å². The number of fused-ring (bicyclic) bond motifs is 1.